The number of aromatic nitrogens is 1. The zero-order chi connectivity index (χ0) is 13.9. The summed E-state index contributed by atoms with van der Waals surface area (Å²) in [5, 5.41) is 8.87. The van der Waals surface area contributed by atoms with E-state index in [2.05, 4.69) is 20.9 Å². The van der Waals surface area contributed by atoms with Gasteiger partial charge in [0.25, 0.3) is 5.91 Å². The minimum atomic E-state index is -1.04. The number of pyridine rings is 1. The normalized spacial score (nSPS) is 11.1. The highest BCUT2D eigenvalue weighted by Crippen LogP contribution is 2.17. The second-order valence-electron chi connectivity index (χ2n) is 4.83. The van der Waals surface area contributed by atoms with Gasteiger partial charge in [-0.3, -0.25) is 9.59 Å². The maximum absolute atomic E-state index is 12.2. The van der Waals surface area contributed by atoms with Gasteiger partial charge in [0.15, 0.2) is 0 Å². The van der Waals surface area contributed by atoms with Gasteiger partial charge in [0.2, 0.25) is 0 Å². The number of amides is 1. The van der Waals surface area contributed by atoms with E-state index in [-0.39, 0.29) is 12.5 Å². The van der Waals surface area contributed by atoms with Gasteiger partial charge in [0, 0.05) is 11.7 Å². The largest absolute Gasteiger partial charge is 0.480 e. The molecule has 0 radical (unpaired) electrons. The van der Waals surface area contributed by atoms with Gasteiger partial charge < -0.3 is 10.0 Å². The molecular weight excluding hydrogens is 300 g/mol. The fraction of sp³-hybridized carbons (Fsp3) is 0.417. The van der Waals surface area contributed by atoms with Crippen LogP contribution in [0.25, 0.3) is 0 Å². The number of carbonyl (C=O) groups excluding carboxylic acids is 1. The van der Waals surface area contributed by atoms with E-state index in [1.54, 1.807) is 32.9 Å². The highest BCUT2D eigenvalue weighted by molar-refractivity contribution is 9.10. The Hall–Kier alpha value is -1.43. The van der Waals surface area contributed by atoms with E-state index < -0.39 is 11.5 Å². The van der Waals surface area contributed by atoms with E-state index in [0.717, 1.165) is 0 Å². The van der Waals surface area contributed by atoms with Gasteiger partial charge in [-0.05, 0) is 48.8 Å². The smallest absolute Gasteiger partial charge is 0.323 e. The number of carboxylic acids is 1. The van der Waals surface area contributed by atoms with Gasteiger partial charge in [-0.1, -0.05) is 0 Å². The Morgan fingerprint density at radius 1 is 1.39 bits per heavy atom. The summed E-state index contributed by atoms with van der Waals surface area (Å²) in [6.07, 6.45) is 1.42. The molecule has 6 heteroatoms. The Bertz CT molecular complexity index is 451. The summed E-state index contributed by atoms with van der Waals surface area (Å²) in [5.74, 6) is -1.38. The Kier molecular flexibility index (Phi) is 4.45. The van der Waals surface area contributed by atoms with E-state index in [1.165, 1.54) is 11.1 Å². The molecule has 0 aliphatic heterocycles. The summed E-state index contributed by atoms with van der Waals surface area (Å²) in [4.78, 5) is 28.3. The van der Waals surface area contributed by atoms with Crippen LogP contribution in [-0.4, -0.2) is 39.0 Å². The van der Waals surface area contributed by atoms with Crippen LogP contribution in [0.2, 0.25) is 0 Å². The number of hydrogen-bond donors (Lipinski definition) is 1. The monoisotopic (exact) mass is 314 g/mol. The van der Waals surface area contributed by atoms with Gasteiger partial charge in [-0.2, -0.15) is 0 Å². The van der Waals surface area contributed by atoms with Gasteiger partial charge in [0.1, 0.15) is 11.1 Å². The van der Waals surface area contributed by atoms with Gasteiger partial charge in [-0.25, -0.2) is 4.98 Å². The van der Waals surface area contributed by atoms with E-state index in [4.69, 9.17) is 5.11 Å². The van der Waals surface area contributed by atoms with E-state index in [9.17, 15) is 9.59 Å². The second-order valence-corrected chi connectivity index (χ2v) is 5.64. The highest BCUT2D eigenvalue weighted by atomic mass is 79.9. The van der Waals surface area contributed by atoms with Crippen molar-refractivity contribution in [2.75, 3.05) is 6.54 Å². The predicted octanol–water partition coefficient (Wildman–Crippen LogP) is 2.17. The maximum atomic E-state index is 12.2. The molecule has 0 unspecified atom stereocenters. The quantitative estimate of drug-likeness (QED) is 0.868. The van der Waals surface area contributed by atoms with Crippen LogP contribution in [0, 0.1) is 0 Å². The zero-order valence-corrected chi connectivity index (χ0v) is 12.1. The van der Waals surface area contributed by atoms with Crippen LogP contribution in [-0.2, 0) is 4.79 Å². The number of halogens is 1. The first-order chi connectivity index (χ1) is 8.21. The lowest BCUT2D eigenvalue weighted by Gasteiger charge is -2.34. The van der Waals surface area contributed by atoms with E-state index in [0.29, 0.717) is 10.2 Å². The lowest BCUT2D eigenvalue weighted by molar-refractivity contribution is -0.138. The van der Waals surface area contributed by atoms with Crippen molar-refractivity contribution in [3.63, 3.8) is 0 Å². The van der Waals surface area contributed by atoms with Crippen LogP contribution in [0.1, 0.15) is 31.1 Å². The van der Waals surface area contributed by atoms with Crippen LogP contribution in [0.15, 0.2) is 22.9 Å². The highest BCUT2D eigenvalue weighted by Gasteiger charge is 2.29. The number of aliphatic carboxylic acids is 1. The molecule has 0 spiro atoms. The molecule has 1 aromatic rings. The average molecular weight is 315 g/mol. The molecule has 0 fully saturated rings. The predicted molar refractivity (Wildman–Crippen MR) is 70.4 cm³/mol. The molecule has 1 aromatic heterocycles. The standard InChI is InChI=1S/C12H15BrN2O3/c1-12(2,3)15(7-10(16)17)11(18)8-4-5-9(13)14-6-8/h4-6H,7H2,1-3H3,(H,16,17). The van der Waals surface area contributed by atoms with E-state index in [1.807, 2.05) is 0 Å². The van der Waals surface area contributed by atoms with E-state index >= 15 is 0 Å². The minimum Gasteiger partial charge on any atom is -0.480 e. The summed E-state index contributed by atoms with van der Waals surface area (Å²) in [6, 6.07) is 3.26. The fourth-order valence-corrected chi connectivity index (χ4v) is 1.64. The van der Waals surface area contributed by atoms with Gasteiger partial charge >= 0.3 is 5.97 Å². The summed E-state index contributed by atoms with van der Waals surface area (Å²) in [6.45, 7) is 5.04. The molecular formula is C12H15BrN2O3. The zero-order valence-electron chi connectivity index (χ0n) is 10.5. The average Bonchev–Trinajstić information content (AvgIpc) is 2.24. The third-order valence-corrected chi connectivity index (χ3v) is 2.79. The minimum absolute atomic E-state index is 0.335. The molecule has 1 amide bonds. The van der Waals surface area contributed by atoms with Crippen molar-refractivity contribution in [2.45, 2.75) is 26.3 Å². The van der Waals surface area contributed by atoms with Crippen molar-refractivity contribution in [1.82, 2.24) is 9.88 Å². The van der Waals surface area contributed by atoms with Gasteiger partial charge in [-0.15, -0.1) is 0 Å². The first kappa shape index (κ1) is 14.6. The van der Waals surface area contributed by atoms with Crippen LogP contribution in [0.3, 0.4) is 0 Å². The number of hydrogen-bond acceptors (Lipinski definition) is 3. The molecule has 0 aliphatic carbocycles. The number of carbonyl (C=O) groups is 2. The SMILES string of the molecule is CC(C)(C)N(CC(=O)O)C(=O)c1ccc(Br)nc1. The van der Waals surface area contributed by atoms with Crippen molar-refractivity contribution in [1.29, 1.82) is 0 Å². The number of nitrogens with zero attached hydrogens (tertiary/aromatic N) is 2. The van der Waals surface area contributed by atoms with Crippen LogP contribution >= 0.6 is 15.9 Å². The lowest BCUT2D eigenvalue weighted by atomic mass is 10.0. The molecule has 0 bridgehead atoms. The van der Waals surface area contributed by atoms with Crippen LogP contribution < -0.4 is 0 Å². The van der Waals surface area contributed by atoms with Crippen molar-refractivity contribution >= 4 is 27.8 Å². The Morgan fingerprint density at radius 2 is 2.00 bits per heavy atom. The van der Waals surface area contributed by atoms with Crippen molar-refractivity contribution < 1.29 is 14.7 Å². The summed E-state index contributed by atoms with van der Waals surface area (Å²) in [5.41, 5.74) is -0.197. The molecule has 98 valence electrons. The third-order valence-electron chi connectivity index (χ3n) is 2.32. The van der Waals surface area contributed by atoms with Crippen molar-refractivity contribution in [3.8, 4) is 0 Å². The Morgan fingerprint density at radius 3 is 2.39 bits per heavy atom. The molecule has 0 saturated carbocycles. The number of rotatable bonds is 3. The summed E-state index contributed by atoms with van der Waals surface area (Å²) in [7, 11) is 0. The maximum Gasteiger partial charge on any atom is 0.323 e. The molecule has 0 saturated heterocycles. The molecule has 18 heavy (non-hydrogen) atoms. The molecule has 1 heterocycles. The molecule has 1 N–H and O–H groups in total. The Labute approximate surface area is 114 Å². The number of carboxylic acid groups (broad SMARTS) is 1. The third kappa shape index (κ3) is 3.80. The van der Waals surface area contributed by atoms with Crippen molar-refractivity contribution in [3.05, 3.63) is 28.5 Å². The van der Waals surface area contributed by atoms with Gasteiger partial charge in [0.05, 0.1) is 5.56 Å². The second kappa shape index (κ2) is 5.48. The molecule has 1 rings (SSSR count). The van der Waals surface area contributed by atoms with Crippen LogP contribution in [0.4, 0.5) is 0 Å². The molecule has 0 aliphatic rings. The topological polar surface area (TPSA) is 70.5 Å². The summed E-state index contributed by atoms with van der Waals surface area (Å²) >= 11 is 3.18. The van der Waals surface area contributed by atoms with Crippen LogP contribution in [0.5, 0.6) is 0 Å². The Balaban J connectivity index is 3.02. The van der Waals surface area contributed by atoms with Crippen molar-refractivity contribution in [2.24, 2.45) is 0 Å². The first-order valence-corrected chi connectivity index (χ1v) is 6.16. The summed E-state index contributed by atoms with van der Waals surface area (Å²) < 4.78 is 0.625. The molecule has 5 nitrogen and oxygen atoms in total. The lowest BCUT2D eigenvalue weighted by Crippen LogP contribution is -2.48. The fourth-order valence-electron chi connectivity index (χ4n) is 1.41. The molecule has 0 aromatic carbocycles. The molecule has 0 atom stereocenters. The first-order valence-electron chi connectivity index (χ1n) is 5.37.